The van der Waals surface area contributed by atoms with Crippen LogP contribution in [-0.4, -0.2) is 35.2 Å². The summed E-state index contributed by atoms with van der Waals surface area (Å²) >= 11 is 0. The fourth-order valence-electron chi connectivity index (χ4n) is 5.17. The highest BCUT2D eigenvalue weighted by Crippen LogP contribution is 2.29. The van der Waals surface area contributed by atoms with Crippen LogP contribution in [0.15, 0.2) is 79.0 Å². The Morgan fingerprint density at radius 2 is 1.37 bits per heavy atom. The van der Waals surface area contributed by atoms with Gasteiger partial charge in [-0.2, -0.15) is 0 Å². The van der Waals surface area contributed by atoms with E-state index in [1.807, 2.05) is 67.7 Å². The monoisotopic (exact) mass is 544 g/mol. The molecule has 0 radical (unpaired) electrons. The van der Waals surface area contributed by atoms with Gasteiger partial charge in [0.25, 0.3) is 0 Å². The van der Waals surface area contributed by atoms with Crippen LogP contribution in [0.4, 0.5) is 0 Å². The van der Waals surface area contributed by atoms with Gasteiger partial charge in [0.15, 0.2) is 22.9 Å². The highest BCUT2D eigenvalue weighted by Gasteiger charge is 2.21. The topological polar surface area (TPSA) is 86.7 Å². The van der Waals surface area contributed by atoms with E-state index < -0.39 is 5.97 Å². The molecule has 0 unspecified atom stereocenters. The van der Waals surface area contributed by atoms with Gasteiger partial charge in [0.1, 0.15) is 12.2 Å². The number of hydrogen-bond acceptors (Lipinski definition) is 6. The summed E-state index contributed by atoms with van der Waals surface area (Å²) in [4.78, 5) is 23.0. The summed E-state index contributed by atoms with van der Waals surface area (Å²) in [6.45, 7) is 10.6. The van der Waals surface area contributed by atoms with E-state index in [2.05, 4.69) is 39.8 Å². The van der Waals surface area contributed by atoms with Crippen LogP contribution in [0.3, 0.4) is 0 Å². The quantitative estimate of drug-likeness (QED) is 0.201. The predicted octanol–water partition coefficient (Wildman–Crippen LogP) is 7.02. The first kappa shape index (κ1) is 26.4. The number of pyridine rings is 2. The number of ether oxygens (including phenoxy) is 1. The second-order valence-corrected chi connectivity index (χ2v) is 10.9. The molecule has 41 heavy (non-hydrogen) atoms. The summed E-state index contributed by atoms with van der Waals surface area (Å²) in [6.07, 6.45) is 1.85. The minimum Gasteiger partial charge on any atom is -0.457 e. The van der Waals surface area contributed by atoms with E-state index in [0.29, 0.717) is 40.3 Å². The lowest BCUT2D eigenvalue weighted by molar-refractivity contribution is 0.0475. The Morgan fingerprint density at radius 3 is 2.02 bits per heavy atom. The van der Waals surface area contributed by atoms with Crippen molar-refractivity contribution < 1.29 is 9.53 Å². The largest absolute Gasteiger partial charge is 0.457 e. The van der Waals surface area contributed by atoms with Gasteiger partial charge in [0, 0.05) is 28.6 Å². The maximum atomic E-state index is 13.4. The molecule has 0 aliphatic carbocycles. The van der Waals surface area contributed by atoms with Crippen LogP contribution in [-0.2, 0) is 11.3 Å². The number of hydrogen-bond donors (Lipinski definition) is 0. The van der Waals surface area contributed by atoms with Crippen LogP contribution in [0.1, 0.15) is 72.3 Å². The number of rotatable bonds is 7. The van der Waals surface area contributed by atoms with Crippen LogP contribution >= 0.6 is 0 Å². The number of nitrogens with zero attached hydrogens (tertiary/aromatic N) is 6. The summed E-state index contributed by atoms with van der Waals surface area (Å²) in [5, 5.41) is 9.47. The molecule has 206 valence electrons. The van der Waals surface area contributed by atoms with Gasteiger partial charge in [-0.3, -0.25) is 0 Å². The van der Waals surface area contributed by atoms with E-state index >= 15 is 0 Å². The summed E-state index contributed by atoms with van der Waals surface area (Å²) in [6, 6.07) is 23.7. The summed E-state index contributed by atoms with van der Waals surface area (Å²) < 4.78 is 9.26. The van der Waals surface area contributed by atoms with Crippen molar-refractivity contribution in [3.05, 3.63) is 107 Å². The molecular formula is C33H32N6O2. The Kier molecular flexibility index (Phi) is 6.83. The molecule has 0 bridgehead atoms. The minimum absolute atomic E-state index is 0.0460. The molecule has 8 heteroatoms. The first-order valence-electron chi connectivity index (χ1n) is 13.9. The second-order valence-electron chi connectivity index (χ2n) is 10.9. The van der Waals surface area contributed by atoms with Gasteiger partial charge < -0.3 is 4.74 Å². The van der Waals surface area contributed by atoms with Crippen LogP contribution in [0.5, 0.6) is 0 Å². The molecule has 0 saturated heterocycles. The first-order valence-corrected chi connectivity index (χ1v) is 13.9. The SMILES string of the molecule is Cc1ccc(C(=O)OCc2cccn3nc(-c4ccccc4C(C)C)nc23)c2nc(-c3ccccc3C(C)C)nn12. The van der Waals surface area contributed by atoms with Gasteiger partial charge >= 0.3 is 5.97 Å². The average molecular weight is 545 g/mol. The molecule has 0 aliphatic heterocycles. The predicted molar refractivity (Wildman–Crippen MR) is 159 cm³/mol. The molecule has 0 N–H and O–H groups in total. The summed E-state index contributed by atoms with van der Waals surface area (Å²) in [7, 11) is 0. The zero-order valence-corrected chi connectivity index (χ0v) is 23.9. The third kappa shape index (κ3) is 4.86. The van der Waals surface area contributed by atoms with E-state index in [4.69, 9.17) is 24.9 Å². The molecule has 2 aromatic carbocycles. The van der Waals surface area contributed by atoms with Crippen molar-refractivity contribution in [1.82, 2.24) is 29.2 Å². The number of aryl methyl sites for hydroxylation is 1. The minimum atomic E-state index is -0.474. The lowest BCUT2D eigenvalue weighted by Crippen LogP contribution is -2.09. The van der Waals surface area contributed by atoms with Crippen molar-refractivity contribution in [2.75, 3.05) is 0 Å². The third-order valence-corrected chi connectivity index (χ3v) is 7.34. The van der Waals surface area contributed by atoms with Gasteiger partial charge in [0.2, 0.25) is 0 Å². The molecule has 0 fully saturated rings. The van der Waals surface area contributed by atoms with E-state index in [0.717, 1.165) is 27.9 Å². The lowest BCUT2D eigenvalue weighted by atomic mass is 9.97. The maximum Gasteiger partial charge on any atom is 0.342 e. The molecule has 6 aromatic rings. The van der Waals surface area contributed by atoms with Gasteiger partial charge in [-0.25, -0.2) is 23.8 Å². The van der Waals surface area contributed by atoms with E-state index in [9.17, 15) is 4.79 Å². The van der Waals surface area contributed by atoms with Crippen LogP contribution < -0.4 is 0 Å². The number of carbonyl (C=O) groups excluding carboxylic acids is 1. The van der Waals surface area contributed by atoms with E-state index in [1.165, 1.54) is 5.56 Å². The zero-order chi connectivity index (χ0) is 28.7. The molecule has 6 rings (SSSR count). The Labute approximate surface area is 238 Å². The highest BCUT2D eigenvalue weighted by atomic mass is 16.5. The van der Waals surface area contributed by atoms with Crippen molar-refractivity contribution in [1.29, 1.82) is 0 Å². The lowest BCUT2D eigenvalue weighted by Gasteiger charge is -2.09. The fraction of sp³-hybridized carbons (Fsp3) is 0.242. The number of carbonyl (C=O) groups is 1. The average Bonchev–Trinajstić information content (AvgIpc) is 3.62. The highest BCUT2D eigenvalue weighted by molar-refractivity contribution is 5.96. The smallest absolute Gasteiger partial charge is 0.342 e. The first-order chi connectivity index (χ1) is 19.8. The number of fused-ring (bicyclic) bond motifs is 2. The Morgan fingerprint density at radius 1 is 0.756 bits per heavy atom. The molecule has 0 spiro atoms. The molecule has 0 atom stereocenters. The van der Waals surface area contributed by atoms with Crippen LogP contribution in [0.25, 0.3) is 34.1 Å². The number of benzene rings is 2. The maximum absolute atomic E-state index is 13.4. The van der Waals surface area contributed by atoms with Crippen molar-refractivity contribution >= 4 is 17.3 Å². The van der Waals surface area contributed by atoms with Gasteiger partial charge in [-0.15, -0.1) is 10.2 Å². The normalized spacial score (nSPS) is 11.7. The van der Waals surface area contributed by atoms with Crippen molar-refractivity contribution in [3.8, 4) is 22.8 Å². The molecule has 0 saturated carbocycles. The van der Waals surface area contributed by atoms with Gasteiger partial charge in [-0.1, -0.05) is 82.3 Å². The standard InChI is InChI=1S/C33H32N6O2/c1-20(2)24-12-6-8-14-26(24)29-34-31-23(11-10-18-38(31)36-29)19-41-33(40)28-17-16-22(5)39-32(28)35-30(37-39)27-15-9-7-13-25(27)21(3)4/h6-18,20-21H,19H2,1-5H3. The molecule has 0 aliphatic rings. The van der Waals surface area contributed by atoms with Crippen LogP contribution in [0, 0.1) is 6.92 Å². The molecule has 8 nitrogen and oxygen atoms in total. The van der Waals surface area contributed by atoms with E-state index in [-0.39, 0.29) is 6.61 Å². The van der Waals surface area contributed by atoms with Gasteiger partial charge in [0.05, 0.1) is 0 Å². The van der Waals surface area contributed by atoms with Crippen LogP contribution in [0.2, 0.25) is 0 Å². The summed E-state index contributed by atoms with van der Waals surface area (Å²) in [5.41, 5.74) is 7.41. The molecular weight excluding hydrogens is 512 g/mol. The van der Waals surface area contributed by atoms with Gasteiger partial charge in [-0.05, 0) is 48.1 Å². The van der Waals surface area contributed by atoms with Crippen molar-refractivity contribution in [3.63, 3.8) is 0 Å². The Balaban J connectivity index is 1.31. The number of aromatic nitrogens is 6. The zero-order valence-electron chi connectivity index (χ0n) is 23.9. The third-order valence-electron chi connectivity index (χ3n) is 7.34. The Bertz CT molecular complexity index is 1900. The fourth-order valence-corrected chi connectivity index (χ4v) is 5.17. The van der Waals surface area contributed by atoms with E-state index in [1.54, 1.807) is 15.1 Å². The Hall–Kier alpha value is -4.85. The molecule has 4 aromatic heterocycles. The molecule has 4 heterocycles. The summed E-state index contributed by atoms with van der Waals surface area (Å²) in [5.74, 6) is 1.40. The molecule has 0 amide bonds. The second kappa shape index (κ2) is 10.6. The van der Waals surface area contributed by atoms with Crippen molar-refractivity contribution in [2.24, 2.45) is 0 Å². The number of esters is 1. The van der Waals surface area contributed by atoms with Crippen molar-refractivity contribution in [2.45, 2.75) is 53.1 Å².